The van der Waals surface area contributed by atoms with E-state index >= 15 is 0 Å². The van der Waals surface area contributed by atoms with E-state index in [1.165, 1.54) is 5.56 Å². The topological polar surface area (TPSA) is 61.8 Å². The summed E-state index contributed by atoms with van der Waals surface area (Å²) in [4.78, 5) is 15.5. The Morgan fingerprint density at radius 1 is 1.14 bits per heavy atom. The van der Waals surface area contributed by atoms with Crippen LogP contribution in [0.15, 0.2) is 36.4 Å². The van der Waals surface area contributed by atoms with E-state index in [-0.39, 0.29) is 23.3 Å². The molecule has 0 radical (unpaired) electrons. The first-order chi connectivity index (χ1) is 14.1. The third-order valence-corrected chi connectivity index (χ3v) is 5.77. The summed E-state index contributed by atoms with van der Waals surface area (Å²) in [5, 5.41) is 13.8. The van der Waals surface area contributed by atoms with Crippen molar-refractivity contribution in [2.75, 3.05) is 20.2 Å². The van der Waals surface area contributed by atoms with Crippen molar-refractivity contribution in [2.45, 2.75) is 52.1 Å². The lowest BCUT2D eigenvalue weighted by atomic mass is 9.97. The zero-order valence-electron chi connectivity index (χ0n) is 17.7. The molecule has 5 heteroatoms. The molecule has 1 fully saturated rings. The molecule has 0 unspecified atom stereocenters. The molecule has 0 saturated carbocycles. The molecule has 3 rings (SSSR count). The maximum Gasteiger partial charge on any atom is 0.259 e. The number of carbonyl (C=O) groups is 1. The number of rotatable bonds is 7. The Labute approximate surface area is 173 Å². The van der Waals surface area contributed by atoms with E-state index in [1.807, 2.05) is 26.0 Å². The molecular formula is C24H32N2O3. The van der Waals surface area contributed by atoms with E-state index in [2.05, 4.69) is 34.5 Å². The SMILES string of the molecule is CCc1cc(CC)c(OC)c(C(=O)NC2CCN(Cc3ccccc3)CC2)c1O. The molecule has 5 nitrogen and oxygen atoms in total. The maximum atomic E-state index is 13.1. The minimum Gasteiger partial charge on any atom is -0.507 e. The Bertz CT molecular complexity index is 828. The number of phenols is 1. The average Bonchev–Trinajstić information content (AvgIpc) is 2.75. The number of hydrogen-bond acceptors (Lipinski definition) is 4. The molecule has 2 aromatic carbocycles. The van der Waals surface area contributed by atoms with Crippen molar-refractivity contribution in [3.05, 3.63) is 58.7 Å². The molecule has 1 aliphatic rings. The molecule has 0 aliphatic carbocycles. The van der Waals surface area contributed by atoms with Crippen molar-refractivity contribution >= 4 is 5.91 Å². The normalized spacial score (nSPS) is 15.3. The Hall–Kier alpha value is -2.53. The van der Waals surface area contributed by atoms with Crippen molar-refractivity contribution < 1.29 is 14.6 Å². The fourth-order valence-electron chi connectivity index (χ4n) is 4.08. The highest BCUT2D eigenvalue weighted by molar-refractivity contribution is 6.00. The van der Waals surface area contributed by atoms with Crippen LogP contribution in [0.4, 0.5) is 0 Å². The number of nitrogens with one attached hydrogen (secondary N) is 1. The number of piperidine rings is 1. The molecule has 0 spiro atoms. The summed E-state index contributed by atoms with van der Waals surface area (Å²) in [6.07, 6.45) is 3.21. The molecule has 0 aromatic heterocycles. The Morgan fingerprint density at radius 3 is 2.38 bits per heavy atom. The van der Waals surface area contributed by atoms with Gasteiger partial charge in [-0.3, -0.25) is 9.69 Å². The quantitative estimate of drug-likeness (QED) is 0.745. The van der Waals surface area contributed by atoms with Gasteiger partial charge in [0.25, 0.3) is 5.91 Å². The highest BCUT2D eigenvalue weighted by Gasteiger charge is 2.26. The molecule has 2 aromatic rings. The number of methoxy groups -OCH3 is 1. The van der Waals surface area contributed by atoms with Gasteiger partial charge in [0.1, 0.15) is 17.1 Å². The van der Waals surface area contributed by atoms with Crippen LogP contribution in [0.5, 0.6) is 11.5 Å². The minimum absolute atomic E-state index is 0.0422. The van der Waals surface area contributed by atoms with Crippen molar-refractivity contribution in [2.24, 2.45) is 0 Å². The number of hydrogen-bond donors (Lipinski definition) is 2. The van der Waals surface area contributed by atoms with Gasteiger partial charge in [0.2, 0.25) is 0 Å². The fourth-order valence-corrected chi connectivity index (χ4v) is 4.08. The van der Waals surface area contributed by atoms with Crippen LogP contribution in [0.2, 0.25) is 0 Å². The van der Waals surface area contributed by atoms with Crippen LogP contribution >= 0.6 is 0 Å². The van der Waals surface area contributed by atoms with E-state index in [4.69, 9.17) is 4.74 Å². The number of phenolic OH excluding ortho intramolecular Hbond substituents is 1. The van der Waals surface area contributed by atoms with Crippen LogP contribution in [0, 0.1) is 0 Å². The Balaban J connectivity index is 1.67. The molecular weight excluding hydrogens is 364 g/mol. The summed E-state index contributed by atoms with van der Waals surface area (Å²) >= 11 is 0. The minimum atomic E-state index is -0.245. The first-order valence-corrected chi connectivity index (χ1v) is 10.6. The van der Waals surface area contributed by atoms with Gasteiger partial charge in [0, 0.05) is 25.7 Å². The summed E-state index contributed by atoms with van der Waals surface area (Å²) < 4.78 is 5.51. The molecule has 1 aliphatic heterocycles. The molecule has 0 bridgehead atoms. The maximum absolute atomic E-state index is 13.1. The van der Waals surface area contributed by atoms with Gasteiger partial charge in [-0.25, -0.2) is 0 Å². The fraction of sp³-hybridized carbons (Fsp3) is 0.458. The second-order valence-corrected chi connectivity index (χ2v) is 7.67. The van der Waals surface area contributed by atoms with Crippen LogP contribution in [-0.4, -0.2) is 42.2 Å². The van der Waals surface area contributed by atoms with Gasteiger partial charge >= 0.3 is 0 Å². The van der Waals surface area contributed by atoms with Crippen molar-refractivity contribution in [1.29, 1.82) is 0 Å². The third kappa shape index (κ3) is 4.91. The summed E-state index contributed by atoms with van der Waals surface area (Å²) in [5.74, 6) is 0.285. The van der Waals surface area contributed by atoms with Crippen LogP contribution in [0.25, 0.3) is 0 Å². The van der Waals surface area contributed by atoms with Crippen LogP contribution in [0.3, 0.4) is 0 Å². The predicted octanol–water partition coefficient (Wildman–Crippen LogP) is 3.92. The number of amides is 1. The summed E-state index contributed by atoms with van der Waals surface area (Å²) in [6.45, 7) is 6.83. The summed E-state index contributed by atoms with van der Waals surface area (Å²) in [7, 11) is 1.55. The van der Waals surface area contributed by atoms with E-state index < -0.39 is 0 Å². The average molecular weight is 397 g/mol. The number of aromatic hydroxyl groups is 1. The zero-order valence-corrected chi connectivity index (χ0v) is 17.7. The van der Waals surface area contributed by atoms with Gasteiger partial charge in [-0.15, -0.1) is 0 Å². The van der Waals surface area contributed by atoms with Gasteiger partial charge in [0.15, 0.2) is 0 Å². The third-order valence-electron chi connectivity index (χ3n) is 5.77. The highest BCUT2D eigenvalue weighted by Crippen LogP contribution is 2.36. The first-order valence-electron chi connectivity index (χ1n) is 10.6. The molecule has 156 valence electrons. The van der Waals surface area contributed by atoms with Crippen LogP contribution < -0.4 is 10.1 Å². The molecule has 1 heterocycles. The van der Waals surface area contributed by atoms with Gasteiger partial charge in [-0.2, -0.15) is 0 Å². The number of nitrogens with zero attached hydrogens (tertiary/aromatic N) is 1. The Morgan fingerprint density at radius 2 is 1.79 bits per heavy atom. The summed E-state index contributed by atoms with van der Waals surface area (Å²) in [6, 6.07) is 12.5. The Kier molecular flexibility index (Phi) is 7.15. The second-order valence-electron chi connectivity index (χ2n) is 7.67. The number of benzene rings is 2. The molecule has 1 amide bonds. The summed E-state index contributed by atoms with van der Waals surface area (Å²) in [5.41, 5.74) is 3.32. The first kappa shape index (κ1) is 21.2. The van der Waals surface area contributed by atoms with Gasteiger partial charge in [-0.1, -0.05) is 44.2 Å². The second kappa shape index (κ2) is 9.79. The van der Waals surface area contributed by atoms with Crippen LogP contribution in [0.1, 0.15) is 53.7 Å². The largest absolute Gasteiger partial charge is 0.507 e. The zero-order chi connectivity index (χ0) is 20.8. The van der Waals surface area contributed by atoms with Crippen molar-refractivity contribution in [3.8, 4) is 11.5 Å². The lowest BCUT2D eigenvalue weighted by molar-refractivity contribution is 0.0902. The number of ether oxygens (including phenoxy) is 1. The van der Waals surface area contributed by atoms with Crippen molar-refractivity contribution in [1.82, 2.24) is 10.2 Å². The predicted molar refractivity (Wildman–Crippen MR) is 116 cm³/mol. The monoisotopic (exact) mass is 396 g/mol. The number of carbonyl (C=O) groups excluding carboxylic acids is 1. The van der Waals surface area contributed by atoms with E-state index in [9.17, 15) is 9.90 Å². The van der Waals surface area contributed by atoms with E-state index in [0.717, 1.165) is 50.0 Å². The standard InChI is InChI=1S/C24H32N2O3/c1-4-18-15-19(5-2)23(29-3)21(22(18)27)24(28)25-20-11-13-26(14-12-20)16-17-9-7-6-8-10-17/h6-10,15,20,27H,4-5,11-14,16H2,1-3H3,(H,25,28). The highest BCUT2D eigenvalue weighted by atomic mass is 16.5. The van der Waals surface area contributed by atoms with Gasteiger partial charge < -0.3 is 15.2 Å². The van der Waals surface area contributed by atoms with E-state index in [1.54, 1.807) is 7.11 Å². The molecule has 2 N–H and O–H groups in total. The lowest BCUT2D eigenvalue weighted by Crippen LogP contribution is -2.44. The number of likely N-dealkylation sites (tertiary alicyclic amines) is 1. The van der Waals surface area contributed by atoms with Crippen LogP contribution in [-0.2, 0) is 19.4 Å². The lowest BCUT2D eigenvalue weighted by Gasteiger charge is -2.32. The number of aryl methyl sites for hydroxylation is 2. The van der Waals surface area contributed by atoms with Gasteiger partial charge in [0.05, 0.1) is 7.11 Å². The smallest absolute Gasteiger partial charge is 0.259 e. The van der Waals surface area contributed by atoms with Crippen molar-refractivity contribution in [3.63, 3.8) is 0 Å². The van der Waals surface area contributed by atoms with E-state index in [0.29, 0.717) is 12.2 Å². The van der Waals surface area contributed by atoms with Gasteiger partial charge in [-0.05, 0) is 48.4 Å². The molecule has 29 heavy (non-hydrogen) atoms. The molecule has 0 atom stereocenters. The molecule has 1 saturated heterocycles.